The highest BCUT2D eigenvalue weighted by Crippen LogP contribution is 2.21. The van der Waals surface area contributed by atoms with Crippen molar-refractivity contribution in [2.45, 2.75) is 117 Å². The highest BCUT2D eigenvalue weighted by atomic mass is 16.3. The number of unbranched alkanes of at least 4 members (excludes halogenated alkanes) is 9. The molecule has 79 heavy (non-hydrogen) atoms. The molecule has 4 amide bonds. The second-order valence-electron chi connectivity index (χ2n) is 21.4. The lowest BCUT2D eigenvalue weighted by atomic mass is 10.1. The molecule has 1 aliphatic rings. The number of pyridine rings is 1. The van der Waals surface area contributed by atoms with E-state index < -0.39 is 0 Å². The summed E-state index contributed by atoms with van der Waals surface area (Å²) >= 11 is 0. The van der Waals surface area contributed by atoms with Crippen molar-refractivity contribution in [3.8, 4) is 0 Å². The molecule has 6 aromatic rings. The average Bonchev–Trinajstić information content (AvgIpc) is 3.60. The molecule has 0 saturated carbocycles. The average molecular weight is 1080 g/mol. The van der Waals surface area contributed by atoms with E-state index in [0.29, 0.717) is 93.1 Å². The normalized spacial score (nSPS) is 15.6. The van der Waals surface area contributed by atoms with Crippen LogP contribution in [-0.4, -0.2) is 127 Å². The second-order valence-corrected chi connectivity index (χ2v) is 21.4. The van der Waals surface area contributed by atoms with Gasteiger partial charge in [0.1, 0.15) is 5.58 Å². The van der Waals surface area contributed by atoms with E-state index in [-0.39, 0.29) is 72.5 Å². The summed E-state index contributed by atoms with van der Waals surface area (Å²) in [7, 11) is 0. The van der Waals surface area contributed by atoms with Gasteiger partial charge in [-0.15, -0.1) is 0 Å². The van der Waals surface area contributed by atoms with Crippen LogP contribution in [0.2, 0.25) is 0 Å². The number of carbonyl (C=O) groups excluding carboxylic acids is 4. The Morgan fingerprint density at radius 1 is 0.506 bits per heavy atom. The fraction of sp³-hybridized carbons (Fsp3) is 0.469. The predicted octanol–water partition coefficient (Wildman–Crippen LogP) is 9.35. The van der Waals surface area contributed by atoms with Crippen molar-refractivity contribution in [3.05, 3.63) is 159 Å². The molecule has 15 heteroatoms. The van der Waals surface area contributed by atoms with E-state index in [2.05, 4.69) is 47.8 Å². The Labute approximate surface area is 467 Å². The monoisotopic (exact) mass is 1080 g/mol. The largest absolute Gasteiger partial charge is 0.437 e. The van der Waals surface area contributed by atoms with Crippen LogP contribution in [0.1, 0.15) is 143 Å². The van der Waals surface area contributed by atoms with Crippen LogP contribution >= 0.6 is 0 Å². The van der Waals surface area contributed by atoms with Crippen molar-refractivity contribution >= 4 is 45.7 Å². The molecule has 0 spiro atoms. The number of carbonyl (C=O) groups is 4. The molecule has 0 radical (unpaired) electrons. The predicted molar refractivity (Wildman–Crippen MR) is 316 cm³/mol. The minimum absolute atomic E-state index is 0.103. The minimum Gasteiger partial charge on any atom is -0.437 e. The summed E-state index contributed by atoms with van der Waals surface area (Å²) in [6.07, 6.45) is 12.2. The zero-order chi connectivity index (χ0) is 55.8. The fourth-order valence-electron chi connectivity index (χ4n) is 10.3. The molecule has 3 heterocycles. The quantitative estimate of drug-likeness (QED) is 0.0301. The van der Waals surface area contributed by atoms with E-state index in [0.717, 1.165) is 29.5 Å². The molecule has 7 rings (SSSR count). The Balaban J connectivity index is 1.06. The molecule has 1 fully saturated rings. The SMILES string of the molecule is CCCCCCCCCCCCNC(=O)c1ccc2oc3nc(CN4CCN(CC(=O)N[C@@H](C)c5ccccc5)CCN(CC(=O)N[C@@H](C)c5ccccc5)CCN(CC(=O)N[C@@H](C)c5ccccc5)CC4)ccc3c(=O)c2c1. The van der Waals surface area contributed by atoms with Gasteiger partial charge in [0.25, 0.3) is 5.91 Å². The third-order valence-electron chi connectivity index (χ3n) is 15.1. The van der Waals surface area contributed by atoms with Crippen LogP contribution in [0.5, 0.6) is 0 Å². The lowest BCUT2D eigenvalue weighted by Gasteiger charge is -2.34. The molecule has 0 bridgehead atoms. The highest BCUT2D eigenvalue weighted by Gasteiger charge is 2.24. The van der Waals surface area contributed by atoms with Crippen molar-refractivity contribution in [2.24, 2.45) is 0 Å². The van der Waals surface area contributed by atoms with E-state index in [4.69, 9.17) is 9.40 Å². The van der Waals surface area contributed by atoms with Crippen LogP contribution in [0.25, 0.3) is 22.1 Å². The van der Waals surface area contributed by atoms with Crippen molar-refractivity contribution in [2.75, 3.05) is 78.5 Å². The van der Waals surface area contributed by atoms with Gasteiger partial charge in [-0.3, -0.25) is 43.6 Å². The first-order valence-corrected chi connectivity index (χ1v) is 29.0. The molecular formula is C64H85N9O6. The molecule has 3 atom stereocenters. The van der Waals surface area contributed by atoms with Crippen LogP contribution < -0.4 is 26.7 Å². The number of hydrogen-bond acceptors (Lipinski definition) is 11. The maximum absolute atomic E-state index is 14.0. The van der Waals surface area contributed by atoms with Gasteiger partial charge in [0, 0.05) is 71.0 Å². The molecule has 1 saturated heterocycles. The lowest BCUT2D eigenvalue weighted by Crippen LogP contribution is -2.50. The third kappa shape index (κ3) is 19.5. The molecule has 4 N–H and O–H groups in total. The first-order chi connectivity index (χ1) is 38.4. The highest BCUT2D eigenvalue weighted by molar-refractivity contribution is 5.99. The summed E-state index contributed by atoms with van der Waals surface area (Å²) in [5, 5.41) is 13.2. The fourth-order valence-corrected chi connectivity index (χ4v) is 10.3. The number of nitrogens with one attached hydrogen (secondary N) is 4. The van der Waals surface area contributed by atoms with Crippen molar-refractivity contribution in [1.82, 2.24) is 45.9 Å². The summed E-state index contributed by atoms with van der Waals surface area (Å²) < 4.78 is 6.31. The van der Waals surface area contributed by atoms with Crippen LogP contribution in [0.4, 0.5) is 0 Å². The van der Waals surface area contributed by atoms with Crippen LogP contribution in [-0.2, 0) is 20.9 Å². The number of fused-ring (bicyclic) bond motifs is 2. The number of rotatable bonds is 26. The second kappa shape index (κ2) is 31.7. The Hall–Kier alpha value is -6.78. The van der Waals surface area contributed by atoms with Gasteiger partial charge in [-0.2, -0.15) is 0 Å². The number of amides is 4. The van der Waals surface area contributed by atoms with Gasteiger partial charge in [-0.25, -0.2) is 4.98 Å². The van der Waals surface area contributed by atoms with Crippen molar-refractivity contribution in [1.29, 1.82) is 0 Å². The molecular weight excluding hydrogens is 991 g/mol. The first kappa shape index (κ1) is 59.9. The summed E-state index contributed by atoms with van der Waals surface area (Å²) in [4.78, 5) is 82.2. The van der Waals surface area contributed by atoms with Gasteiger partial charge in [-0.05, 0) is 74.2 Å². The number of hydrogen-bond donors (Lipinski definition) is 4. The van der Waals surface area contributed by atoms with Crippen molar-refractivity contribution < 1.29 is 23.6 Å². The van der Waals surface area contributed by atoms with Gasteiger partial charge >= 0.3 is 0 Å². The van der Waals surface area contributed by atoms with Gasteiger partial charge in [0.05, 0.1) is 54.2 Å². The van der Waals surface area contributed by atoms with E-state index >= 15 is 0 Å². The van der Waals surface area contributed by atoms with Gasteiger partial charge in [-0.1, -0.05) is 156 Å². The maximum atomic E-state index is 14.0. The van der Waals surface area contributed by atoms with Gasteiger partial charge in [0.2, 0.25) is 28.9 Å². The van der Waals surface area contributed by atoms with E-state index in [1.165, 1.54) is 51.4 Å². The Morgan fingerprint density at radius 3 is 1.37 bits per heavy atom. The van der Waals surface area contributed by atoms with Crippen LogP contribution in [0.3, 0.4) is 0 Å². The molecule has 422 valence electrons. The van der Waals surface area contributed by atoms with Gasteiger partial charge in [0.15, 0.2) is 0 Å². The lowest BCUT2D eigenvalue weighted by molar-refractivity contribution is -0.125. The summed E-state index contributed by atoms with van der Waals surface area (Å²) in [5.74, 6) is -0.528. The Morgan fingerprint density at radius 2 is 0.924 bits per heavy atom. The number of benzene rings is 4. The smallest absolute Gasteiger partial charge is 0.251 e. The summed E-state index contributed by atoms with van der Waals surface area (Å²) in [5.41, 5.74) is 4.44. The standard InChI is InChI=1S/C64H85N9O6/c1-5-6-7-8-9-10-11-12-13-23-34-65-63(78)54-30-33-58-57(43-54)62(77)56-32-31-55(69-64(56)79-58)44-70-35-37-71(45-59(74)66-48(2)51-24-17-14-18-25-51)39-41-73(47-61(76)68-50(4)53-28-21-16-22-29-53)42-40-72(38-36-70)46-60(75)67-49(3)52-26-19-15-20-27-52/h14-22,24-33,43,48-50H,5-13,23,34-42,44-47H2,1-4H3,(H,65,78)(H,66,74)(H,67,75)(H,68,76)/t48-,49-,50-/m0/s1. The molecule has 4 aromatic carbocycles. The number of nitrogens with zero attached hydrogens (tertiary/aromatic N) is 5. The zero-order valence-corrected chi connectivity index (χ0v) is 47.2. The summed E-state index contributed by atoms with van der Waals surface area (Å²) in [6.45, 7) is 13.8. The van der Waals surface area contributed by atoms with Crippen LogP contribution in [0.15, 0.2) is 131 Å². The summed E-state index contributed by atoms with van der Waals surface area (Å²) in [6, 6.07) is 37.7. The van der Waals surface area contributed by atoms with Gasteiger partial charge < -0.3 is 25.7 Å². The van der Waals surface area contributed by atoms with E-state index in [9.17, 15) is 24.0 Å². The minimum atomic E-state index is -0.255. The molecule has 2 aromatic heterocycles. The van der Waals surface area contributed by atoms with E-state index in [1.54, 1.807) is 24.3 Å². The third-order valence-corrected chi connectivity index (χ3v) is 15.1. The zero-order valence-electron chi connectivity index (χ0n) is 47.2. The molecule has 15 nitrogen and oxygen atoms in total. The molecule has 0 unspecified atom stereocenters. The molecule has 1 aliphatic heterocycles. The maximum Gasteiger partial charge on any atom is 0.251 e. The topological polar surface area (TPSA) is 172 Å². The van der Waals surface area contributed by atoms with Crippen LogP contribution in [0, 0.1) is 0 Å². The van der Waals surface area contributed by atoms with Crippen molar-refractivity contribution in [3.63, 3.8) is 0 Å². The Bertz CT molecular complexity index is 2830. The Kier molecular flexibility index (Phi) is 24.0. The first-order valence-electron chi connectivity index (χ1n) is 29.0. The van der Waals surface area contributed by atoms with E-state index in [1.807, 2.05) is 118 Å². The number of aromatic nitrogens is 1. The molecule has 0 aliphatic carbocycles.